The van der Waals surface area contributed by atoms with Gasteiger partial charge < -0.3 is 28.4 Å². The van der Waals surface area contributed by atoms with Crippen LogP contribution in [0.5, 0.6) is 17.2 Å². The minimum atomic E-state index is -4.92. The van der Waals surface area contributed by atoms with Gasteiger partial charge >= 0.3 is 71.8 Å². The third-order valence-corrected chi connectivity index (χ3v) is 15.8. The van der Waals surface area contributed by atoms with E-state index < -0.39 is 140 Å². The van der Waals surface area contributed by atoms with Crippen molar-refractivity contribution in [3.63, 3.8) is 0 Å². The molecule has 21 nitrogen and oxygen atoms in total. The Kier molecular flexibility index (Phi) is 19.1. The number of carbonyl (C=O) groups excluding carboxylic acids is 6. The summed E-state index contributed by atoms with van der Waals surface area (Å²) in [6.45, 7) is 5.32. The van der Waals surface area contributed by atoms with Crippen molar-refractivity contribution in [3.05, 3.63) is 217 Å². The number of amides is 3. The van der Waals surface area contributed by atoms with Gasteiger partial charge in [-0.05, 0) is 211 Å². The van der Waals surface area contributed by atoms with E-state index in [1.54, 1.807) is 19.1 Å². The van der Waals surface area contributed by atoms with E-state index >= 15 is 0 Å². The average molecular weight is 1340 g/mol. The van der Waals surface area contributed by atoms with Crippen LogP contribution in [-0.2, 0) is 32.7 Å². The molecular formula is C66H53F9N6O15. The fraction of sp³-hybridized carbons (Fsp3) is 0.258. The first kappa shape index (κ1) is 67.7. The molecule has 96 heavy (non-hydrogen) atoms. The van der Waals surface area contributed by atoms with Gasteiger partial charge in [0.25, 0.3) is 0 Å². The van der Waals surface area contributed by atoms with E-state index in [1.165, 1.54) is 6.08 Å². The van der Waals surface area contributed by atoms with Crippen molar-refractivity contribution in [2.24, 2.45) is 0 Å². The van der Waals surface area contributed by atoms with Crippen LogP contribution in [0.3, 0.4) is 0 Å². The molecule has 3 aliphatic rings. The number of carbonyl (C=O) groups is 6. The van der Waals surface area contributed by atoms with Gasteiger partial charge in [-0.3, -0.25) is 16.0 Å². The van der Waals surface area contributed by atoms with Crippen LogP contribution in [0.4, 0.5) is 71.0 Å². The molecule has 7 aromatic rings. The van der Waals surface area contributed by atoms with Crippen LogP contribution >= 0.6 is 0 Å². The van der Waals surface area contributed by atoms with Gasteiger partial charge in [-0.2, -0.15) is 39.5 Å². The second-order valence-corrected chi connectivity index (χ2v) is 22.5. The first-order chi connectivity index (χ1) is 45.4. The van der Waals surface area contributed by atoms with Gasteiger partial charge in [0.05, 0.1) is 33.8 Å². The Morgan fingerprint density at radius 3 is 1.14 bits per heavy atom. The summed E-state index contributed by atoms with van der Waals surface area (Å²) < 4.78 is 158. The summed E-state index contributed by atoms with van der Waals surface area (Å²) in [5.74, 6) is -5.47. The highest BCUT2D eigenvalue weighted by Crippen LogP contribution is 2.40. The highest BCUT2D eigenvalue weighted by atomic mass is 19.4. The molecule has 3 N–H and O–H groups in total. The van der Waals surface area contributed by atoms with Crippen molar-refractivity contribution in [2.45, 2.75) is 107 Å². The quantitative estimate of drug-likeness (QED) is 0.0352. The Hall–Kier alpha value is -11.2. The molecule has 0 bridgehead atoms. The van der Waals surface area contributed by atoms with Crippen molar-refractivity contribution in [2.75, 3.05) is 16.0 Å². The molecule has 1 unspecified atom stereocenters. The van der Waals surface area contributed by atoms with Crippen molar-refractivity contribution in [1.29, 1.82) is 0 Å². The average Bonchev–Trinajstić information content (AvgIpc) is 0.790. The lowest BCUT2D eigenvalue weighted by Gasteiger charge is -2.25. The molecule has 0 spiro atoms. The maximum absolute atomic E-state index is 14.7. The third kappa shape index (κ3) is 15.4. The number of nitrogens with zero attached hydrogens (tertiary/aromatic N) is 3. The number of aromatic nitrogens is 3. The standard InChI is InChI=1S/C66H53F9N6O15/c1-3-63(32-8-9-33-63)96-55(84)49-36-39(66(73,74)75)14-29-52(49)94-58(87)78-42-19-25-45(26-20-42)81-60(89)79(43-21-15-40(16-22-43)76-56(85)92-50-27-12-37(64(67,68)69)34-47(50)53(82)91-46-10-4-5-11-46)59(88)80(61(81)90)44-23-17-41(18-24-44)77-57(86)93-51-28-13-38(65(70,71)72)35-48(51)54(83)95-62(2)30-6-7-31-62/h3-4,10,12-29,34-36,46H,1,5-9,11,30-33H2,2H3,(H,76,85)(H,77,86)(H,78,87). The van der Waals surface area contributed by atoms with Gasteiger partial charge in [-0.1, -0.05) is 12.7 Å². The molecule has 30 heteroatoms. The second-order valence-electron chi connectivity index (χ2n) is 22.5. The maximum Gasteiger partial charge on any atom is 0.417 e. The van der Waals surface area contributed by atoms with E-state index in [4.69, 9.17) is 28.4 Å². The molecule has 6 aromatic carbocycles. The molecule has 3 amide bonds. The normalized spacial score (nSPS) is 15.6. The molecule has 10 rings (SSSR count). The summed E-state index contributed by atoms with van der Waals surface area (Å²) >= 11 is 0. The number of rotatable bonds is 16. The van der Waals surface area contributed by atoms with Crippen LogP contribution in [0.1, 0.15) is 119 Å². The molecule has 0 saturated heterocycles. The highest BCUT2D eigenvalue weighted by Gasteiger charge is 2.40. The number of alkyl halides is 9. The number of hydrogen-bond donors (Lipinski definition) is 3. The summed E-state index contributed by atoms with van der Waals surface area (Å²) in [7, 11) is 0. The lowest BCUT2D eigenvalue weighted by Crippen LogP contribution is -2.52. The van der Waals surface area contributed by atoms with E-state index in [0.29, 0.717) is 114 Å². The number of esters is 3. The number of halogens is 9. The fourth-order valence-corrected chi connectivity index (χ4v) is 10.9. The van der Waals surface area contributed by atoms with Crippen LogP contribution in [0.15, 0.2) is 167 Å². The number of hydrogen-bond acceptors (Lipinski definition) is 15. The summed E-state index contributed by atoms with van der Waals surface area (Å²) in [6, 6.07) is 19.0. The second kappa shape index (κ2) is 27.0. The number of nitrogens with one attached hydrogen (secondary N) is 3. The molecule has 0 radical (unpaired) electrons. The van der Waals surface area contributed by atoms with Crippen LogP contribution < -0.4 is 47.2 Å². The lowest BCUT2D eigenvalue weighted by molar-refractivity contribution is -0.138. The predicted octanol–water partition coefficient (Wildman–Crippen LogP) is 14.0. The van der Waals surface area contributed by atoms with E-state index in [-0.39, 0.29) is 34.1 Å². The summed E-state index contributed by atoms with van der Waals surface area (Å²) in [5.41, 5.74) is -13.3. The van der Waals surface area contributed by atoms with Crippen molar-refractivity contribution >= 4 is 53.2 Å². The van der Waals surface area contributed by atoms with E-state index in [2.05, 4.69) is 22.5 Å². The van der Waals surface area contributed by atoms with Gasteiger partial charge in [0, 0.05) is 17.1 Å². The zero-order valence-electron chi connectivity index (χ0n) is 50.1. The minimum absolute atomic E-state index is 0.112. The van der Waals surface area contributed by atoms with Crippen LogP contribution in [-0.4, -0.2) is 67.2 Å². The first-order valence-corrected chi connectivity index (χ1v) is 29.3. The Labute approximate surface area is 536 Å². The largest absolute Gasteiger partial charge is 0.456 e. The SMILES string of the molecule is C=CC1(OC(=O)c2cc(C(F)(F)F)ccc2OC(=O)Nc2ccc(-n3c(=O)n(-c4ccc(NC(=O)Oc5ccc(C(F)(F)F)cc5C(=O)OC5C=CCC5)cc4)c(=O)n(-c4ccc(NC(=O)Oc5ccc(C(F)(F)F)cc5C(=O)OC5(C)CCCC5)cc4)c3=O)cc2)CCCC1. The van der Waals surface area contributed by atoms with Crippen molar-refractivity contribution < 1.29 is 96.7 Å². The Bertz CT molecular complexity index is 4430. The molecule has 1 heterocycles. The molecule has 2 saturated carbocycles. The Morgan fingerprint density at radius 1 is 0.479 bits per heavy atom. The topological polar surface area (TPSA) is 260 Å². The monoisotopic (exact) mass is 1340 g/mol. The van der Waals surface area contributed by atoms with Crippen molar-refractivity contribution in [3.8, 4) is 34.3 Å². The van der Waals surface area contributed by atoms with Gasteiger partial charge in [0.15, 0.2) is 0 Å². The smallest absolute Gasteiger partial charge is 0.417 e. The van der Waals surface area contributed by atoms with Gasteiger partial charge in [0.2, 0.25) is 0 Å². The van der Waals surface area contributed by atoms with Crippen LogP contribution in [0.25, 0.3) is 17.1 Å². The van der Waals surface area contributed by atoms with E-state index in [9.17, 15) is 82.7 Å². The Balaban J connectivity index is 0.938. The maximum atomic E-state index is 14.7. The highest BCUT2D eigenvalue weighted by molar-refractivity contribution is 5.97. The summed E-state index contributed by atoms with van der Waals surface area (Å²) in [6.07, 6.45) is -9.70. The van der Waals surface area contributed by atoms with Gasteiger partial charge in [0.1, 0.15) is 51.2 Å². The molecule has 1 aromatic heterocycles. The number of anilines is 3. The van der Waals surface area contributed by atoms with Crippen LogP contribution in [0.2, 0.25) is 0 Å². The molecule has 1 atom stereocenters. The van der Waals surface area contributed by atoms with Gasteiger partial charge in [-0.15, -0.1) is 0 Å². The number of benzene rings is 6. The zero-order chi connectivity index (χ0) is 69.1. The van der Waals surface area contributed by atoms with E-state index in [0.717, 1.165) is 91.0 Å². The fourth-order valence-electron chi connectivity index (χ4n) is 10.9. The van der Waals surface area contributed by atoms with E-state index in [1.807, 2.05) is 0 Å². The molecule has 500 valence electrons. The van der Waals surface area contributed by atoms with Crippen LogP contribution in [0, 0.1) is 0 Å². The molecule has 2 fully saturated rings. The zero-order valence-corrected chi connectivity index (χ0v) is 50.1. The summed E-state index contributed by atoms with van der Waals surface area (Å²) in [5, 5.41) is 6.97. The predicted molar refractivity (Wildman–Crippen MR) is 323 cm³/mol. The molecular weight excluding hydrogens is 1290 g/mol. The van der Waals surface area contributed by atoms with Gasteiger partial charge in [-0.25, -0.2) is 56.9 Å². The summed E-state index contributed by atoms with van der Waals surface area (Å²) in [4.78, 5) is 124. The first-order valence-electron chi connectivity index (χ1n) is 29.3. The number of allylic oxidation sites excluding steroid dienone is 1. The minimum Gasteiger partial charge on any atom is -0.456 e. The van der Waals surface area contributed by atoms with Crippen molar-refractivity contribution in [1.82, 2.24) is 13.7 Å². The molecule has 3 aliphatic carbocycles. The number of ether oxygens (including phenoxy) is 6. The lowest BCUT2D eigenvalue weighted by atomic mass is 10.0. The Morgan fingerprint density at radius 2 is 0.812 bits per heavy atom. The third-order valence-electron chi connectivity index (χ3n) is 15.8. The molecule has 0 aliphatic heterocycles.